The summed E-state index contributed by atoms with van der Waals surface area (Å²) in [7, 11) is 0. The Morgan fingerprint density at radius 2 is 1.81 bits per heavy atom. The van der Waals surface area contributed by atoms with Gasteiger partial charge in [0.2, 0.25) is 0 Å². The van der Waals surface area contributed by atoms with Crippen LogP contribution in [-0.2, 0) is 0 Å². The summed E-state index contributed by atoms with van der Waals surface area (Å²) in [6.07, 6.45) is -0.451. The second kappa shape index (κ2) is 3.88. The Hall–Kier alpha value is -1.39. The van der Waals surface area contributed by atoms with Gasteiger partial charge in [-0.25, -0.2) is 13.2 Å². The molecule has 2 rings (SSSR count). The normalized spacial score (nSPS) is 19.8. The van der Waals surface area contributed by atoms with Crippen molar-refractivity contribution in [3.8, 4) is 0 Å². The quantitative estimate of drug-likeness (QED) is 0.751. The van der Waals surface area contributed by atoms with E-state index in [0.717, 1.165) is 0 Å². The minimum Gasteiger partial charge on any atom is -0.399 e. The smallest absolute Gasteiger partial charge is 0.251 e. The molecule has 0 spiro atoms. The first-order chi connectivity index (χ1) is 7.48. The van der Waals surface area contributed by atoms with Gasteiger partial charge in [0.15, 0.2) is 0 Å². The average molecular weight is 230 g/mol. The van der Waals surface area contributed by atoms with Crippen LogP contribution in [0.15, 0.2) is 18.2 Å². The molecule has 1 aliphatic heterocycles. The molecular weight excluding hydrogens is 217 g/mol. The summed E-state index contributed by atoms with van der Waals surface area (Å²) in [5, 5.41) is 0. The Bertz CT molecular complexity index is 383. The van der Waals surface area contributed by atoms with Crippen molar-refractivity contribution in [1.82, 2.24) is 0 Å². The molecule has 0 bridgehead atoms. The van der Waals surface area contributed by atoms with E-state index in [0.29, 0.717) is 11.4 Å². The van der Waals surface area contributed by atoms with Crippen LogP contribution >= 0.6 is 0 Å². The fraction of sp³-hybridized carbons (Fsp3) is 0.455. The summed E-state index contributed by atoms with van der Waals surface area (Å²) in [5.74, 6) is -3.06. The molecule has 16 heavy (non-hydrogen) atoms. The lowest BCUT2D eigenvalue weighted by Gasteiger charge is -2.33. The van der Waals surface area contributed by atoms with E-state index >= 15 is 0 Å². The zero-order valence-corrected chi connectivity index (χ0v) is 8.72. The van der Waals surface area contributed by atoms with E-state index in [1.165, 1.54) is 12.1 Å². The number of alkyl halides is 2. The predicted octanol–water partition coefficient (Wildman–Crippen LogP) is 2.64. The molecule has 2 N–H and O–H groups in total. The number of piperidine rings is 1. The first-order valence-electron chi connectivity index (χ1n) is 5.16. The van der Waals surface area contributed by atoms with Crippen LogP contribution in [0.4, 0.5) is 24.5 Å². The molecule has 1 heterocycles. The van der Waals surface area contributed by atoms with Gasteiger partial charge in [-0.05, 0) is 18.2 Å². The molecule has 0 atom stereocenters. The predicted molar refractivity (Wildman–Crippen MR) is 57.2 cm³/mol. The summed E-state index contributed by atoms with van der Waals surface area (Å²) in [6.45, 7) is 0.349. The third-order valence-electron chi connectivity index (χ3n) is 2.81. The Kier molecular flexibility index (Phi) is 2.69. The second-order valence-corrected chi connectivity index (χ2v) is 4.05. The van der Waals surface area contributed by atoms with E-state index in [1.54, 1.807) is 11.0 Å². The van der Waals surface area contributed by atoms with Crippen molar-refractivity contribution in [1.29, 1.82) is 0 Å². The van der Waals surface area contributed by atoms with Crippen LogP contribution in [0.5, 0.6) is 0 Å². The molecule has 0 radical (unpaired) electrons. The van der Waals surface area contributed by atoms with Gasteiger partial charge < -0.3 is 10.6 Å². The summed E-state index contributed by atoms with van der Waals surface area (Å²) < 4.78 is 39.4. The molecule has 0 aliphatic carbocycles. The van der Waals surface area contributed by atoms with Crippen LogP contribution in [0.25, 0.3) is 0 Å². The van der Waals surface area contributed by atoms with E-state index in [9.17, 15) is 13.2 Å². The molecule has 1 aromatic rings. The third-order valence-corrected chi connectivity index (χ3v) is 2.81. The monoisotopic (exact) mass is 230 g/mol. The van der Waals surface area contributed by atoms with Crippen molar-refractivity contribution in [2.45, 2.75) is 18.8 Å². The van der Waals surface area contributed by atoms with Crippen LogP contribution in [0.1, 0.15) is 12.8 Å². The first-order valence-corrected chi connectivity index (χ1v) is 5.16. The summed E-state index contributed by atoms with van der Waals surface area (Å²) in [5.41, 5.74) is 6.11. The van der Waals surface area contributed by atoms with Crippen LogP contribution in [-0.4, -0.2) is 19.0 Å². The number of nitrogens with zero attached hydrogens (tertiary/aromatic N) is 1. The lowest BCUT2D eigenvalue weighted by molar-refractivity contribution is -0.0221. The number of anilines is 2. The van der Waals surface area contributed by atoms with E-state index in [2.05, 4.69) is 0 Å². The topological polar surface area (TPSA) is 29.3 Å². The maximum absolute atomic E-state index is 13.5. The fourth-order valence-corrected chi connectivity index (χ4v) is 1.85. The molecule has 0 saturated carbocycles. The number of hydrogen-bond acceptors (Lipinski definition) is 2. The Labute approximate surface area is 91.8 Å². The largest absolute Gasteiger partial charge is 0.399 e. The van der Waals surface area contributed by atoms with Crippen molar-refractivity contribution in [3.05, 3.63) is 24.0 Å². The van der Waals surface area contributed by atoms with Crippen LogP contribution in [0.3, 0.4) is 0 Å². The molecular formula is C11H13F3N2. The van der Waals surface area contributed by atoms with Gasteiger partial charge in [0.25, 0.3) is 5.92 Å². The highest BCUT2D eigenvalue weighted by molar-refractivity contribution is 5.54. The second-order valence-electron chi connectivity index (χ2n) is 4.05. The highest BCUT2D eigenvalue weighted by Gasteiger charge is 2.34. The van der Waals surface area contributed by atoms with Gasteiger partial charge in [0.05, 0.1) is 5.69 Å². The lowest BCUT2D eigenvalue weighted by Crippen LogP contribution is -2.39. The Morgan fingerprint density at radius 1 is 1.19 bits per heavy atom. The molecule has 88 valence electrons. The fourth-order valence-electron chi connectivity index (χ4n) is 1.85. The van der Waals surface area contributed by atoms with Crippen molar-refractivity contribution in [2.75, 3.05) is 23.7 Å². The maximum Gasteiger partial charge on any atom is 0.251 e. The van der Waals surface area contributed by atoms with Gasteiger partial charge in [0.1, 0.15) is 5.82 Å². The zero-order valence-electron chi connectivity index (χ0n) is 8.72. The summed E-state index contributed by atoms with van der Waals surface area (Å²) >= 11 is 0. The van der Waals surface area contributed by atoms with E-state index in [1.807, 2.05) is 0 Å². The highest BCUT2D eigenvalue weighted by Crippen LogP contribution is 2.31. The Balaban J connectivity index is 2.14. The van der Waals surface area contributed by atoms with Gasteiger partial charge in [-0.3, -0.25) is 0 Å². The number of nitrogen functional groups attached to an aromatic ring is 1. The minimum absolute atomic E-state index is 0.174. The van der Waals surface area contributed by atoms with Crippen molar-refractivity contribution < 1.29 is 13.2 Å². The molecule has 0 aromatic heterocycles. The van der Waals surface area contributed by atoms with Crippen molar-refractivity contribution >= 4 is 11.4 Å². The van der Waals surface area contributed by atoms with E-state index in [4.69, 9.17) is 5.73 Å². The number of rotatable bonds is 1. The van der Waals surface area contributed by atoms with Gasteiger partial charge in [-0.2, -0.15) is 0 Å². The van der Waals surface area contributed by atoms with Crippen LogP contribution < -0.4 is 10.6 Å². The molecule has 2 nitrogen and oxygen atoms in total. The third kappa shape index (κ3) is 2.23. The molecule has 1 fully saturated rings. The van der Waals surface area contributed by atoms with Gasteiger partial charge in [-0.15, -0.1) is 0 Å². The lowest BCUT2D eigenvalue weighted by atomic mass is 10.1. The number of benzene rings is 1. The first kappa shape index (κ1) is 11.1. The average Bonchev–Trinajstić information content (AvgIpc) is 2.19. The molecule has 1 aliphatic rings. The summed E-state index contributed by atoms with van der Waals surface area (Å²) in [4.78, 5) is 1.63. The Morgan fingerprint density at radius 3 is 2.38 bits per heavy atom. The number of halogens is 3. The number of hydrogen-bond donors (Lipinski definition) is 1. The van der Waals surface area contributed by atoms with Gasteiger partial charge in [-0.1, -0.05) is 0 Å². The van der Waals surface area contributed by atoms with E-state index in [-0.39, 0.29) is 25.9 Å². The summed E-state index contributed by atoms with van der Waals surface area (Å²) in [6, 6.07) is 4.32. The highest BCUT2D eigenvalue weighted by atomic mass is 19.3. The van der Waals surface area contributed by atoms with E-state index < -0.39 is 11.7 Å². The minimum atomic E-state index is -2.61. The maximum atomic E-state index is 13.5. The molecule has 5 heteroatoms. The van der Waals surface area contributed by atoms with Crippen LogP contribution in [0, 0.1) is 5.82 Å². The van der Waals surface area contributed by atoms with Crippen LogP contribution in [0.2, 0.25) is 0 Å². The van der Waals surface area contributed by atoms with Gasteiger partial charge >= 0.3 is 0 Å². The van der Waals surface area contributed by atoms with Gasteiger partial charge in [0, 0.05) is 31.6 Å². The molecule has 0 unspecified atom stereocenters. The standard InChI is InChI=1S/C11H13F3N2/c12-9-7-8(15)1-2-10(9)16-5-3-11(13,14)4-6-16/h1-2,7H,3-6,15H2. The number of nitrogens with two attached hydrogens (primary N) is 1. The zero-order chi connectivity index (χ0) is 11.8. The van der Waals surface area contributed by atoms with Crippen molar-refractivity contribution in [3.63, 3.8) is 0 Å². The molecule has 1 aromatic carbocycles. The van der Waals surface area contributed by atoms with Crippen molar-refractivity contribution in [2.24, 2.45) is 0 Å². The molecule has 0 amide bonds. The SMILES string of the molecule is Nc1ccc(N2CCC(F)(F)CC2)c(F)c1. The molecule has 1 saturated heterocycles.